The lowest BCUT2D eigenvalue weighted by Gasteiger charge is -2.16. The van der Waals surface area contributed by atoms with E-state index in [1.54, 1.807) is 6.07 Å². The number of rotatable bonds is 9. The number of benzene rings is 1. The standard InChI is InChI=1S/C16H22N2O4.C2H6/c1-3-21-8-6-18(2)7-9-22-13-4-5-14-12(10-13)11-15(17-14)16(19)20;1-2/h4-5,10-11,17H,3,6-9H2,1-2H3,(H,19,20);1-2H3. The van der Waals surface area contributed by atoms with E-state index in [0.29, 0.717) is 6.61 Å². The van der Waals surface area contributed by atoms with Crippen LogP contribution in [0.25, 0.3) is 10.9 Å². The van der Waals surface area contributed by atoms with Crippen LogP contribution < -0.4 is 4.74 Å². The summed E-state index contributed by atoms with van der Waals surface area (Å²) in [5, 5.41) is 9.80. The predicted octanol–water partition coefficient (Wildman–Crippen LogP) is 3.24. The Morgan fingerprint density at radius 2 is 1.92 bits per heavy atom. The highest BCUT2D eigenvalue weighted by atomic mass is 16.5. The van der Waals surface area contributed by atoms with Crippen LogP contribution in [0.5, 0.6) is 5.75 Å². The molecule has 1 aromatic heterocycles. The van der Waals surface area contributed by atoms with E-state index in [2.05, 4.69) is 9.88 Å². The predicted molar refractivity (Wildman–Crippen MR) is 96.1 cm³/mol. The third-order valence-electron chi connectivity index (χ3n) is 3.39. The molecule has 0 spiro atoms. The van der Waals surface area contributed by atoms with Gasteiger partial charge in [0, 0.05) is 30.6 Å². The summed E-state index contributed by atoms with van der Waals surface area (Å²) in [4.78, 5) is 15.9. The summed E-state index contributed by atoms with van der Waals surface area (Å²) in [6.07, 6.45) is 0. The SMILES string of the molecule is CC.CCOCCN(C)CCOc1ccc2[nH]c(C(=O)O)cc2c1. The van der Waals surface area contributed by atoms with Crippen molar-refractivity contribution in [1.29, 1.82) is 0 Å². The summed E-state index contributed by atoms with van der Waals surface area (Å²) < 4.78 is 11.0. The number of carbonyl (C=O) groups is 1. The van der Waals surface area contributed by atoms with E-state index in [9.17, 15) is 4.79 Å². The normalized spacial score (nSPS) is 10.5. The molecular weight excluding hydrogens is 308 g/mol. The Morgan fingerprint density at radius 3 is 2.58 bits per heavy atom. The van der Waals surface area contributed by atoms with E-state index in [0.717, 1.165) is 43.0 Å². The molecule has 2 N–H and O–H groups in total. The van der Waals surface area contributed by atoms with E-state index < -0.39 is 5.97 Å². The number of aromatic nitrogens is 1. The summed E-state index contributed by atoms with van der Waals surface area (Å²) in [7, 11) is 2.02. The lowest BCUT2D eigenvalue weighted by atomic mass is 10.2. The summed E-state index contributed by atoms with van der Waals surface area (Å²) in [6, 6.07) is 7.12. The van der Waals surface area contributed by atoms with Gasteiger partial charge in [-0.05, 0) is 38.2 Å². The van der Waals surface area contributed by atoms with Crippen LogP contribution in [-0.4, -0.2) is 60.9 Å². The second-order valence-electron chi connectivity index (χ2n) is 5.09. The van der Waals surface area contributed by atoms with Crippen molar-refractivity contribution in [2.45, 2.75) is 20.8 Å². The highest BCUT2D eigenvalue weighted by Gasteiger charge is 2.08. The fourth-order valence-corrected chi connectivity index (χ4v) is 2.11. The number of likely N-dealkylation sites (N-methyl/N-ethyl adjacent to an activating group) is 1. The van der Waals surface area contributed by atoms with Crippen LogP contribution in [0.1, 0.15) is 31.3 Å². The highest BCUT2D eigenvalue weighted by Crippen LogP contribution is 2.21. The molecule has 0 aliphatic rings. The number of ether oxygens (including phenoxy) is 2. The largest absolute Gasteiger partial charge is 0.492 e. The summed E-state index contributed by atoms with van der Waals surface area (Å²) in [5.41, 5.74) is 0.974. The van der Waals surface area contributed by atoms with Gasteiger partial charge in [-0.15, -0.1) is 0 Å². The van der Waals surface area contributed by atoms with E-state index in [1.165, 1.54) is 0 Å². The minimum atomic E-state index is -0.963. The molecule has 1 heterocycles. The van der Waals surface area contributed by atoms with Gasteiger partial charge in [0.2, 0.25) is 0 Å². The summed E-state index contributed by atoms with van der Waals surface area (Å²) in [6.45, 7) is 9.69. The van der Waals surface area contributed by atoms with Gasteiger partial charge >= 0.3 is 5.97 Å². The third-order valence-corrected chi connectivity index (χ3v) is 3.39. The number of carboxylic acids is 1. The molecule has 0 aliphatic carbocycles. The topological polar surface area (TPSA) is 74.8 Å². The van der Waals surface area contributed by atoms with Gasteiger partial charge in [0.15, 0.2) is 0 Å². The first-order valence-corrected chi connectivity index (χ1v) is 8.35. The van der Waals surface area contributed by atoms with Crippen molar-refractivity contribution in [2.24, 2.45) is 0 Å². The van der Waals surface area contributed by atoms with E-state index >= 15 is 0 Å². The molecule has 134 valence electrons. The van der Waals surface area contributed by atoms with Gasteiger partial charge in [-0.25, -0.2) is 4.79 Å². The molecule has 6 heteroatoms. The van der Waals surface area contributed by atoms with Crippen LogP contribution in [0.4, 0.5) is 0 Å². The van der Waals surface area contributed by atoms with Crippen molar-refractivity contribution in [2.75, 3.05) is 40.0 Å². The number of fused-ring (bicyclic) bond motifs is 1. The van der Waals surface area contributed by atoms with Crippen LogP contribution in [0.3, 0.4) is 0 Å². The van der Waals surface area contributed by atoms with Gasteiger partial charge in [-0.1, -0.05) is 13.8 Å². The molecule has 0 atom stereocenters. The van der Waals surface area contributed by atoms with Crippen LogP contribution >= 0.6 is 0 Å². The van der Waals surface area contributed by atoms with Gasteiger partial charge in [-0.2, -0.15) is 0 Å². The lowest BCUT2D eigenvalue weighted by molar-refractivity contribution is 0.0691. The molecule has 0 bridgehead atoms. The average Bonchev–Trinajstić information content (AvgIpc) is 3.00. The molecule has 2 aromatic rings. The number of aromatic amines is 1. The molecule has 0 amide bonds. The van der Waals surface area contributed by atoms with Gasteiger partial charge in [-0.3, -0.25) is 0 Å². The third kappa shape index (κ3) is 6.22. The van der Waals surface area contributed by atoms with Crippen molar-refractivity contribution in [1.82, 2.24) is 9.88 Å². The molecule has 24 heavy (non-hydrogen) atoms. The quantitative estimate of drug-likeness (QED) is 0.688. The molecule has 2 rings (SSSR count). The first-order chi connectivity index (χ1) is 11.6. The molecule has 0 radical (unpaired) electrons. The molecular formula is C18H28N2O4. The van der Waals surface area contributed by atoms with Gasteiger partial charge in [0.25, 0.3) is 0 Å². The van der Waals surface area contributed by atoms with Crippen LogP contribution in [-0.2, 0) is 4.74 Å². The van der Waals surface area contributed by atoms with Crippen molar-refractivity contribution in [3.05, 3.63) is 30.0 Å². The fourth-order valence-electron chi connectivity index (χ4n) is 2.11. The zero-order valence-electron chi connectivity index (χ0n) is 15.0. The monoisotopic (exact) mass is 336 g/mol. The number of hydrogen-bond donors (Lipinski definition) is 2. The molecule has 0 saturated heterocycles. The number of aromatic carboxylic acids is 1. The Balaban J connectivity index is 0.00000139. The zero-order chi connectivity index (χ0) is 17.9. The Kier molecular flexibility index (Phi) is 8.89. The molecule has 1 aromatic carbocycles. The molecule has 0 saturated carbocycles. The Bertz CT molecular complexity index is 625. The van der Waals surface area contributed by atoms with Crippen LogP contribution in [0.2, 0.25) is 0 Å². The summed E-state index contributed by atoms with van der Waals surface area (Å²) >= 11 is 0. The van der Waals surface area contributed by atoms with Crippen LogP contribution in [0.15, 0.2) is 24.3 Å². The number of H-pyrrole nitrogens is 1. The van der Waals surface area contributed by atoms with Gasteiger partial charge < -0.3 is 24.5 Å². The zero-order valence-corrected chi connectivity index (χ0v) is 15.0. The molecule has 0 fully saturated rings. The maximum Gasteiger partial charge on any atom is 0.352 e. The first kappa shape index (κ1) is 20.0. The summed E-state index contributed by atoms with van der Waals surface area (Å²) in [5.74, 6) is -0.226. The van der Waals surface area contributed by atoms with E-state index in [-0.39, 0.29) is 5.69 Å². The lowest BCUT2D eigenvalue weighted by Crippen LogP contribution is -2.27. The second kappa shape index (κ2) is 10.7. The first-order valence-electron chi connectivity index (χ1n) is 8.35. The van der Waals surface area contributed by atoms with E-state index in [1.807, 2.05) is 46.0 Å². The van der Waals surface area contributed by atoms with Gasteiger partial charge in [0.1, 0.15) is 18.1 Å². The van der Waals surface area contributed by atoms with E-state index in [4.69, 9.17) is 14.6 Å². The maximum atomic E-state index is 10.9. The smallest absolute Gasteiger partial charge is 0.352 e. The highest BCUT2D eigenvalue weighted by molar-refractivity contribution is 5.94. The van der Waals surface area contributed by atoms with Crippen molar-refractivity contribution in [3.63, 3.8) is 0 Å². The Hall–Kier alpha value is -2.05. The van der Waals surface area contributed by atoms with Gasteiger partial charge in [0.05, 0.1) is 6.61 Å². The number of carboxylic acid groups (broad SMARTS) is 1. The van der Waals surface area contributed by atoms with Crippen LogP contribution in [0, 0.1) is 0 Å². The maximum absolute atomic E-state index is 10.9. The number of hydrogen-bond acceptors (Lipinski definition) is 4. The average molecular weight is 336 g/mol. The number of nitrogens with zero attached hydrogens (tertiary/aromatic N) is 1. The molecule has 6 nitrogen and oxygen atoms in total. The van der Waals surface area contributed by atoms with Crippen molar-refractivity contribution >= 4 is 16.9 Å². The second-order valence-corrected chi connectivity index (χ2v) is 5.09. The molecule has 0 aliphatic heterocycles. The Morgan fingerprint density at radius 1 is 1.21 bits per heavy atom. The fraction of sp³-hybridized carbons (Fsp3) is 0.500. The Labute approximate surface area is 143 Å². The minimum absolute atomic E-state index is 0.183. The number of nitrogens with one attached hydrogen (secondary N) is 1. The van der Waals surface area contributed by atoms with Crippen molar-refractivity contribution < 1.29 is 19.4 Å². The molecule has 0 unspecified atom stereocenters. The minimum Gasteiger partial charge on any atom is -0.492 e. The van der Waals surface area contributed by atoms with Crippen molar-refractivity contribution in [3.8, 4) is 5.75 Å².